The van der Waals surface area contributed by atoms with E-state index in [2.05, 4.69) is 15.6 Å². The number of hydrogen-bond acceptors (Lipinski definition) is 4. The van der Waals surface area contributed by atoms with Crippen molar-refractivity contribution in [3.05, 3.63) is 35.4 Å². The van der Waals surface area contributed by atoms with E-state index < -0.39 is 0 Å². The van der Waals surface area contributed by atoms with E-state index in [-0.39, 0.29) is 42.1 Å². The predicted molar refractivity (Wildman–Crippen MR) is 122 cm³/mol. The Morgan fingerprint density at radius 2 is 1.86 bits per heavy atom. The van der Waals surface area contributed by atoms with Gasteiger partial charge in [-0.1, -0.05) is 12.1 Å². The van der Waals surface area contributed by atoms with Crippen molar-refractivity contribution < 1.29 is 14.3 Å². The second-order valence-corrected chi connectivity index (χ2v) is 6.71. The SMILES string of the molecule is CCOCCNC(=NC)NCc1ccc(C(=O)N2CC(C)OC(C)C2)cc1.I. The normalized spacial score (nSPS) is 19.7. The van der Waals surface area contributed by atoms with Gasteiger partial charge in [0.15, 0.2) is 5.96 Å². The van der Waals surface area contributed by atoms with E-state index in [4.69, 9.17) is 9.47 Å². The first kappa shape index (κ1) is 24.6. The number of aliphatic imine (C=N–C) groups is 1. The van der Waals surface area contributed by atoms with Crippen LogP contribution >= 0.6 is 24.0 Å². The minimum Gasteiger partial charge on any atom is -0.380 e. The second kappa shape index (κ2) is 12.9. The summed E-state index contributed by atoms with van der Waals surface area (Å²) in [6.07, 6.45) is 0.145. The molecule has 1 aromatic carbocycles. The van der Waals surface area contributed by atoms with Crippen LogP contribution in [-0.4, -0.2) is 68.9 Å². The van der Waals surface area contributed by atoms with Crippen LogP contribution in [0.25, 0.3) is 0 Å². The number of nitrogens with one attached hydrogen (secondary N) is 2. The van der Waals surface area contributed by atoms with Crippen molar-refractivity contribution >= 4 is 35.8 Å². The van der Waals surface area contributed by atoms with Crippen LogP contribution in [-0.2, 0) is 16.0 Å². The third-order valence-electron chi connectivity index (χ3n) is 4.33. The van der Waals surface area contributed by atoms with Crippen molar-refractivity contribution in [2.24, 2.45) is 4.99 Å². The fraction of sp³-hybridized carbons (Fsp3) is 0.600. The van der Waals surface area contributed by atoms with Gasteiger partial charge in [-0.15, -0.1) is 24.0 Å². The molecule has 28 heavy (non-hydrogen) atoms. The molecule has 1 saturated heterocycles. The molecule has 1 fully saturated rings. The molecule has 0 aromatic heterocycles. The molecule has 1 aliphatic rings. The van der Waals surface area contributed by atoms with Crippen molar-refractivity contribution in [1.29, 1.82) is 0 Å². The lowest BCUT2D eigenvalue weighted by Crippen LogP contribution is -2.48. The fourth-order valence-electron chi connectivity index (χ4n) is 3.08. The van der Waals surface area contributed by atoms with Gasteiger partial charge in [0.1, 0.15) is 0 Å². The van der Waals surface area contributed by atoms with Crippen LogP contribution in [0.15, 0.2) is 29.3 Å². The quantitative estimate of drug-likeness (QED) is 0.258. The van der Waals surface area contributed by atoms with Crippen molar-refractivity contribution in [2.45, 2.75) is 39.5 Å². The summed E-state index contributed by atoms with van der Waals surface area (Å²) in [5, 5.41) is 6.45. The van der Waals surface area contributed by atoms with Crippen LogP contribution in [0.3, 0.4) is 0 Å². The first-order valence-electron chi connectivity index (χ1n) is 9.59. The van der Waals surface area contributed by atoms with E-state index >= 15 is 0 Å². The van der Waals surface area contributed by atoms with Gasteiger partial charge in [0, 0.05) is 45.4 Å². The van der Waals surface area contributed by atoms with E-state index in [0.717, 1.165) is 11.5 Å². The lowest BCUT2D eigenvalue weighted by molar-refractivity contribution is -0.0586. The lowest BCUT2D eigenvalue weighted by Gasteiger charge is -2.35. The zero-order chi connectivity index (χ0) is 19.6. The Kier molecular flexibility index (Phi) is 11.4. The van der Waals surface area contributed by atoms with E-state index in [1.54, 1.807) is 7.05 Å². The molecule has 0 aliphatic carbocycles. The van der Waals surface area contributed by atoms with Gasteiger partial charge in [-0.25, -0.2) is 0 Å². The Morgan fingerprint density at radius 3 is 2.43 bits per heavy atom. The Labute approximate surface area is 185 Å². The number of carbonyl (C=O) groups excluding carboxylic acids is 1. The molecule has 1 aliphatic heterocycles. The third-order valence-corrected chi connectivity index (χ3v) is 4.33. The molecular weight excluding hydrogens is 471 g/mol. The number of halogens is 1. The first-order chi connectivity index (χ1) is 13.0. The van der Waals surface area contributed by atoms with Crippen LogP contribution in [0.4, 0.5) is 0 Å². The summed E-state index contributed by atoms with van der Waals surface area (Å²) in [7, 11) is 1.74. The van der Waals surface area contributed by atoms with Crippen LogP contribution in [0.5, 0.6) is 0 Å². The summed E-state index contributed by atoms with van der Waals surface area (Å²) in [6.45, 7) is 9.94. The molecule has 2 rings (SSSR count). The smallest absolute Gasteiger partial charge is 0.254 e. The Bertz CT molecular complexity index is 614. The number of hydrogen-bond donors (Lipinski definition) is 2. The Morgan fingerprint density at radius 1 is 1.21 bits per heavy atom. The van der Waals surface area contributed by atoms with Gasteiger partial charge in [0.25, 0.3) is 5.91 Å². The monoisotopic (exact) mass is 504 g/mol. The predicted octanol–water partition coefficient (Wildman–Crippen LogP) is 2.26. The van der Waals surface area contributed by atoms with Crippen molar-refractivity contribution in [3.8, 4) is 0 Å². The zero-order valence-electron chi connectivity index (χ0n) is 17.2. The van der Waals surface area contributed by atoms with Gasteiger partial charge in [0.2, 0.25) is 0 Å². The molecule has 2 unspecified atom stereocenters. The summed E-state index contributed by atoms with van der Waals surface area (Å²) in [4.78, 5) is 18.8. The van der Waals surface area contributed by atoms with Gasteiger partial charge in [-0.2, -0.15) is 0 Å². The molecular formula is C20H33IN4O3. The number of nitrogens with zero attached hydrogens (tertiary/aromatic N) is 2. The highest BCUT2D eigenvalue weighted by Crippen LogP contribution is 2.15. The minimum absolute atomic E-state index is 0. The van der Waals surface area contributed by atoms with Crippen LogP contribution in [0.2, 0.25) is 0 Å². The molecule has 0 bridgehead atoms. The topological polar surface area (TPSA) is 75.2 Å². The number of morpholine rings is 1. The van der Waals surface area contributed by atoms with Crippen molar-refractivity contribution in [2.75, 3.05) is 39.9 Å². The highest BCUT2D eigenvalue weighted by Gasteiger charge is 2.26. The number of guanidine groups is 1. The molecule has 158 valence electrons. The Balaban J connectivity index is 0.00000392. The van der Waals surface area contributed by atoms with E-state index in [1.807, 2.05) is 49.9 Å². The van der Waals surface area contributed by atoms with Gasteiger partial charge < -0.3 is 25.0 Å². The molecule has 0 radical (unpaired) electrons. The van der Waals surface area contributed by atoms with Crippen LogP contribution in [0.1, 0.15) is 36.7 Å². The number of rotatable bonds is 7. The number of ether oxygens (including phenoxy) is 2. The third kappa shape index (κ3) is 7.92. The molecule has 0 saturated carbocycles. The number of benzene rings is 1. The summed E-state index contributed by atoms with van der Waals surface area (Å²) in [6, 6.07) is 7.72. The maximum absolute atomic E-state index is 12.7. The lowest BCUT2D eigenvalue weighted by atomic mass is 10.1. The maximum atomic E-state index is 12.7. The summed E-state index contributed by atoms with van der Waals surface area (Å²) >= 11 is 0. The summed E-state index contributed by atoms with van der Waals surface area (Å²) in [5.74, 6) is 0.788. The summed E-state index contributed by atoms with van der Waals surface area (Å²) < 4.78 is 11.0. The molecule has 1 aromatic rings. The molecule has 2 N–H and O–H groups in total. The minimum atomic E-state index is 0. The van der Waals surface area contributed by atoms with Crippen molar-refractivity contribution in [3.63, 3.8) is 0 Å². The number of amides is 1. The van der Waals surface area contributed by atoms with Crippen LogP contribution < -0.4 is 10.6 Å². The average molecular weight is 504 g/mol. The Hall–Kier alpha value is -1.39. The maximum Gasteiger partial charge on any atom is 0.254 e. The van der Waals surface area contributed by atoms with E-state index in [1.165, 1.54) is 0 Å². The molecule has 8 heteroatoms. The largest absolute Gasteiger partial charge is 0.380 e. The van der Waals surface area contributed by atoms with Gasteiger partial charge in [0.05, 0.1) is 18.8 Å². The highest BCUT2D eigenvalue weighted by atomic mass is 127. The molecule has 1 amide bonds. The van der Waals surface area contributed by atoms with Crippen molar-refractivity contribution in [1.82, 2.24) is 15.5 Å². The molecule has 2 atom stereocenters. The standard InChI is InChI=1S/C20H32N4O3.HI/c1-5-26-11-10-22-20(21-4)23-12-17-6-8-18(9-7-17)19(25)24-13-15(2)27-16(3)14-24;/h6-9,15-16H,5,10-14H2,1-4H3,(H2,21,22,23);1H. The van der Waals surface area contributed by atoms with Gasteiger partial charge in [-0.05, 0) is 38.5 Å². The van der Waals surface area contributed by atoms with Gasteiger partial charge >= 0.3 is 0 Å². The van der Waals surface area contributed by atoms with E-state index in [0.29, 0.717) is 45.0 Å². The highest BCUT2D eigenvalue weighted by molar-refractivity contribution is 14.0. The first-order valence-corrected chi connectivity index (χ1v) is 9.59. The average Bonchev–Trinajstić information content (AvgIpc) is 2.66. The second-order valence-electron chi connectivity index (χ2n) is 6.71. The number of carbonyl (C=O) groups is 1. The molecule has 7 nitrogen and oxygen atoms in total. The summed E-state index contributed by atoms with van der Waals surface area (Å²) in [5.41, 5.74) is 1.79. The molecule has 1 heterocycles. The fourth-order valence-corrected chi connectivity index (χ4v) is 3.08. The molecule has 0 spiro atoms. The zero-order valence-corrected chi connectivity index (χ0v) is 19.6. The van der Waals surface area contributed by atoms with Gasteiger partial charge in [-0.3, -0.25) is 9.79 Å². The van der Waals surface area contributed by atoms with Crippen LogP contribution in [0, 0.1) is 0 Å². The van der Waals surface area contributed by atoms with E-state index in [9.17, 15) is 4.79 Å².